The molecule has 16 heavy (non-hydrogen) atoms. The van der Waals surface area contributed by atoms with Crippen LogP contribution in [0.3, 0.4) is 0 Å². The van der Waals surface area contributed by atoms with Crippen LogP contribution < -0.4 is 0 Å². The fraction of sp³-hybridized carbons (Fsp3) is 0.688. The largest absolute Gasteiger partial charge is 0.0995 e. The highest BCUT2D eigenvalue weighted by Gasteiger charge is 1.93. The molecule has 0 heteroatoms. The van der Waals surface area contributed by atoms with Crippen LogP contribution in [0.4, 0.5) is 0 Å². The third-order valence-electron chi connectivity index (χ3n) is 3.02. The van der Waals surface area contributed by atoms with Crippen LogP contribution >= 0.6 is 0 Å². The fourth-order valence-corrected chi connectivity index (χ4v) is 1.58. The van der Waals surface area contributed by atoms with Gasteiger partial charge in [-0.15, -0.1) is 0 Å². The summed E-state index contributed by atoms with van der Waals surface area (Å²) in [6.07, 6.45) is 14.6. The normalized spacial score (nSPS) is 13.2. The van der Waals surface area contributed by atoms with Gasteiger partial charge in [0.05, 0.1) is 0 Å². The Labute approximate surface area is 103 Å². The molecule has 0 rings (SSSR count). The topological polar surface area (TPSA) is 0 Å². The van der Waals surface area contributed by atoms with Crippen molar-refractivity contribution in [2.75, 3.05) is 0 Å². The first-order valence-corrected chi connectivity index (χ1v) is 6.75. The highest BCUT2D eigenvalue weighted by Crippen LogP contribution is 2.10. The molecular weight excluding hydrogens is 192 g/mol. The van der Waals surface area contributed by atoms with Crippen LogP contribution in [0.2, 0.25) is 0 Å². The molecule has 0 aliphatic carbocycles. The Hall–Kier alpha value is -0.520. The average Bonchev–Trinajstić information content (AvgIpc) is 2.26. The van der Waals surface area contributed by atoms with Crippen molar-refractivity contribution in [3.63, 3.8) is 0 Å². The van der Waals surface area contributed by atoms with Gasteiger partial charge in [0.25, 0.3) is 0 Å². The molecule has 0 N–H and O–H groups in total. The molecule has 0 saturated carbocycles. The van der Waals surface area contributed by atoms with Crippen molar-refractivity contribution in [1.82, 2.24) is 0 Å². The van der Waals surface area contributed by atoms with Gasteiger partial charge < -0.3 is 0 Å². The summed E-state index contributed by atoms with van der Waals surface area (Å²) in [4.78, 5) is 0. The first-order chi connectivity index (χ1) is 7.66. The summed E-state index contributed by atoms with van der Waals surface area (Å²) < 4.78 is 0. The van der Waals surface area contributed by atoms with E-state index in [-0.39, 0.29) is 0 Å². The minimum Gasteiger partial charge on any atom is -0.0995 e. The van der Waals surface area contributed by atoms with Crippen LogP contribution in [0.5, 0.6) is 0 Å². The highest BCUT2D eigenvalue weighted by atomic mass is 14.0. The van der Waals surface area contributed by atoms with Gasteiger partial charge in [-0.05, 0) is 44.9 Å². The summed E-state index contributed by atoms with van der Waals surface area (Å²) in [6, 6.07) is 0. The molecule has 0 aromatic rings. The zero-order valence-corrected chi connectivity index (χ0v) is 11.2. The van der Waals surface area contributed by atoms with Gasteiger partial charge in [0.1, 0.15) is 0 Å². The summed E-state index contributed by atoms with van der Waals surface area (Å²) in [6.45, 7) is 13.8. The minimum absolute atomic E-state index is 0.827. The van der Waals surface area contributed by atoms with E-state index in [1.807, 2.05) is 0 Å². The molecule has 0 aromatic heterocycles. The maximum atomic E-state index is 5.51. The van der Waals surface area contributed by atoms with Crippen molar-refractivity contribution in [2.45, 2.75) is 65.2 Å². The second-order valence-corrected chi connectivity index (χ2v) is 4.83. The van der Waals surface area contributed by atoms with Gasteiger partial charge in [0.15, 0.2) is 0 Å². The molecule has 92 valence electrons. The Morgan fingerprint density at radius 1 is 1.19 bits per heavy atom. The molecule has 0 saturated heterocycles. The van der Waals surface area contributed by atoms with Crippen molar-refractivity contribution in [3.05, 3.63) is 31.2 Å². The first kappa shape index (κ1) is 15.5. The van der Waals surface area contributed by atoms with Gasteiger partial charge in [-0.25, -0.2) is 0 Å². The van der Waals surface area contributed by atoms with Crippen LogP contribution in [-0.4, -0.2) is 0 Å². The van der Waals surface area contributed by atoms with Crippen LogP contribution in [0.25, 0.3) is 0 Å². The predicted octanol–water partition coefficient (Wildman–Crippen LogP) is 5.59. The molecule has 0 nitrogen and oxygen atoms in total. The third kappa shape index (κ3) is 11.6. The number of hydrogen-bond donors (Lipinski definition) is 0. The van der Waals surface area contributed by atoms with Gasteiger partial charge in [-0.3, -0.25) is 0 Å². The summed E-state index contributed by atoms with van der Waals surface area (Å²) in [5.74, 6) is 0.840. The molecular formula is C16H28. The summed E-state index contributed by atoms with van der Waals surface area (Å²) >= 11 is 0. The third-order valence-corrected chi connectivity index (χ3v) is 3.02. The molecule has 0 aliphatic heterocycles. The van der Waals surface area contributed by atoms with Gasteiger partial charge in [-0.1, -0.05) is 57.4 Å². The summed E-state index contributed by atoms with van der Waals surface area (Å²) in [5.41, 5.74) is 0.827. The smallest absolute Gasteiger partial charge is 0.00629 e. The lowest BCUT2D eigenvalue weighted by molar-refractivity contribution is 0.570. The number of allylic oxidation sites excluding steroid dienone is 3. The lowest BCUT2D eigenvalue weighted by atomic mass is 10.0. The molecule has 0 aromatic carbocycles. The van der Waals surface area contributed by atoms with Crippen molar-refractivity contribution < 1.29 is 0 Å². The van der Waals surface area contributed by atoms with Crippen molar-refractivity contribution in [1.29, 1.82) is 0 Å². The Morgan fingerprint density at radius 3 is 2.50 bits per heavy atom. The van der Waals surface area contributed by atoms with Crippen LogP contribution in [-0.2, 0) is 0 Å². The SMILES string of the molecule is [CH]C(=C)CCCCCC/C=C/CC(C)CC. The van der Waals surface area contributed by atoms with Crippen molar-refractivity contribution >= 4 is 0 Å². The molecule has 0 amide bonds. The summed E-state index contributed by atoms with van der Waals surface area (Å²) in [5, 5.41) is 0. The number of rotatable bonds is 10. The predicted molar refractivity (Wildman–Crippen MR) is 74.4 cm³/mol. The van der Waals surface area contributed by atoms with E-state index in [2.05, 4.69) is 32.6 Å². The highest BCUT2D eigenvalue weighted by molar-refractivity contribution is 4.96. The van der Waals surface area contributed by atoms with Gasteiger partial charge in [-0.2, -0.15) is 0 Å². The molecule has 0 spiro atoms. The van der Waals surface area contributed by atoms with E-state index in [1.165, 1.54) is 44.9 Å². The fourth-order valence-electron chi connectivity index (χ4n) is 1.58. The van der Waals surface area contributed by atoms with Gasteiger partial charge in [0.2, 0.25) is 0 Å². The molecule has 0 bridgehead atoms. The zero-order chi connectivity index (χ0) is 12.2. The van der Waals surface area contributed by atoms with Crippen LogP contribution in [0.1, 0.15) is 65.2 Å². The molecule has 1 unspecified atom stereocenters. The van der Waals surface area contributed by atoms with E-state index in [4.69, 9.17) is 6.92 Å². The van der Waals surface area contributed by atoms with Gasteiger partial charge in [0, 0.05) is 0 Å². The molecule has 2 radical (unpaired) electrons. The number of hydrogen-bond acceptors (Lipinski definition) is 0. The Bertz CT molecular complexity index is 188. The average molecular weight is 220 g/mol. The van der Waals surface area contributed by atoms with Crippen molar-refractivity contribution in [2.24, 2.45) is 5.92 Å². The maximum Gasteiger partial charge on any atom is -0.00629 e. The monoisotopic (exact) mass is 220 g/mol. The maximum absolute atomic E-state index is 5.51. The van der Waals surface area contributed by atoms with E-state index in [1.54, 1.807) is 0 Å². The first-order valence-electron chi connectivity index (χ1n) is 6.75. The molecule has 0 fully saturated rings. The zero-order valence-electron chi connectivity index (χ0n) is 11.2. The van der Waals surface area contributed by atoms with E-state index in [0.717, 1.165) is 17.9 Å². The van der Waals surface area contributed by atoms with Crippen LogP contribution in [0.15, 0.2) is 24.3 Å². The van der Waals surface area contributed by atoms with Gasteiger partial charge >= 0.3 is 0 Å². The lowest BCUT2D eigenvalue weighted by Gasteiger charge is -2.02. The van der Waals surface area contributed by atoms with E-state index < -0.39 is 0 Å². The van der Waals surface area contributed by atoms with E-state index in [9.17, 15) is 0 Å². The van der Waals surface area contributed by atoms with Crippen molar-refractivity contribution in [3.8, 4) is 0 Å². The quantitative estimate of drug-likeness (QED) is 0.333. The molecule has 0 heterocycles. The Kier molecular flexibility index (Phi) is 10.6. The second-order valence-electron chi connectivity index (χ2n) is 4.83. The standard InChI is InChI=1S/C16H28/c1-5-16(4)14-12-10-8-6-7-9-11-13-15(2)3/h2,10,12,16H,3,5-9,11,13-14H2,1,4H3/b12-10+. The minimum atomic E-state index is 0.827. The van der Waals surface area contributed by atoms with Crippen LogP contribution in [0, 0.1) is 12.8 Å². The number of unbranched alkanes of at least 4 members (excludes halogenated alkanes) is 4. The summed E-state index contributed by atoms with van der Waals surface area (Å²) in [7, 11) is 0. The Morgan fingerprint density at radius 2 is 1.88 bits per heavy atom. The lowest BCUT2D eigenvalue weighted by Crippen LogP contribution is -1.87. The van der Waals surface area contributed by atoms with E-state index in [0.29, 0.717) is 0 Å². The Balaban J connectivity index is 3.17. The second kappa shape index (κ2) is 11.0. The molecule has 0 aliphatic rings. The molecule has 1 atom stereocenters. The van der Waals surface area contributed by atoms with E-state index >= 15 is 0 Å².